The molecule has 4 heteroatoms. The van der Waals surface area contributed by atoms with E-state index >= 15 is 0 Å². The number of hydrogen-bond acceptors (Lipinski definition) is 0. The average Bonchev–Trinajstić information content (AvgIpc) is 2.58. The fourth-order valence-corrected chi connectivity index (χ4v) is 4.96. The zero-order valence-corrected chi connectivity index (χ0v) is 19.7. The summed E-state index contributed by atoms with van der Waals surface area (Å²) in [6, 6.07) is 0. The van der Waals surface area contributed by atoms with E-state index in [-0.39, 0.29) is 0 Å². The first-order valence-corrected chi connectivity index (χ1v) is 12.5. The Hall–Kier alpha value is 1.90. The Morgan fingerprint density at radius 2 is 1.08 bits per heavy atom. The van der Waals surface area contributed by atoms with Gasteiger partial charge in [-0.2, -0.15) is 0 Å². The third-order valence-electron chi connectivity index (χ3n) is 7.17. The van der Waals surface area contributed by atoms with E-state index in [1.54, 1.807) is 0 Å². The van der Waals surface area contributed by atoms with Crippen LogP contribution in [0, 0.1) is 73.0 Å². The molecule has 6 aliphatic rings. The molecule has 0 aromatic heterocycles. The SMILES string of the molecule is [CH2][C]1[CH]C[C@H]2C[C@@H]1C2(C)C.[CH2][C]1[CH]C[C@H]2C[C@@H]1C2(C)C.[Cl][Pd+].[Cl][Pd+]. The van der Waals surface area contributed by atoms with Gasteiger partial charge in [-0.3, -0.25) is 0 Å². The molecule has 0 N–H and O–H groups in total. The fourth-order valence-electron chi connectivity index (χ4n) is 4.96. The van der Waals surface area contributed by atoms with Crippen LogP contribution in [0.1, 0.15) is 53.4 Å². The van der Waals surface area contributed by atoms with Gasteiger partial charge in [-0.25, -0.2) is 0 Å². The van der Waals surface area contributed by atoms with Gasteiger partial charge in [-0.15, -0.1) is 0 Å². The van der Waals surface area contributed by atoms with Crippen molar-refractivity contribution in [2.75, 3.05) is 0 Å². The van der Waals surface area contributed by atoms with Crippen LogP contribution < -0.4 is 0 Å². The molecule has 0 spiro atoms. The van der Waals surface area contributed by atoms with Crippen molar-refractivity contribution in [3.63, 3.8) is 0 Å². The van der Waals surface area contributed by atoms with Crippen molar-refractivity contribution in [3.8, 4) is 0 Å². The molecule has 6 saturated carbocycles. The van der Waals surface area contributed by atoms with Crippen LogP contribution in [0.15, 0.2) is 0 Å². The van der Waals surface area contributed by atoms with E-state index < -0.39 is 0 Å². The molecule has 0 amide bonds. The maximum atomic E-state index is 4.49. The van der Waals surface area contributed by atoms with Crippen LogP contribution >= 0.6 is 19.1 Å². The molecule has 6 fully saturated rings. The quantitative estimate of drug-likeness (QED) is 0.293. The molecule has 24 heavy (non-hydrogen) atoms. The fraction of sp³-hybridized carbons (Fsp3) is 0.700. The summed E-state index contributed by atoms with van der Waals surface area (Å²) in [5.41, 5.74) is 1.15. The molecule has 0 aliphatic heterocycles. The van der Waals surface area contributed by atoms with Gasteiger partial charge in [-0.05, 0) is 98.7 Å². The Morgan fingerprint density at radius 1 is 0.792 bits per heavy atom. The first-order chi connectivity index (χ1) is 11.2. The van der Waals surface area contributed by atoms with Crippen LogP contribution in [0.4, 0.5) is 0 Å². The molecule has 6 radical (unpaired) electrons. The Balaban J connectivity index is 0.000000199. The van der Waals surface area contributed by atoms with Gasteiger partial charge in [0.25, 0.3) is 0 Å². The van der Waals surface area contributed by atoms with E-state index in [4.69, 9.17) is 0 Å². The van der Waals surface area contributed by atoms with E-state index in [1.165, 1.54) is 37.5 Å². The van der Waals surface area contributed by atoms with E-state index in [2.05, 4.69) is 110 Å². The monoisotopic (exact) mass is 552 g/mol. The molecule has 6 aliphatic carbocycles. The zero-order valence-electron chi connectivity index (χ0n) is 15.1. The molecule has 0 nitrogen and oxygen atoms in total. The van der Waals surface area contributed by atoms with Crippen molar-refractivity contribution >= 4 is 19.1 Å². The van der Waals surface area contributed by atoms with E-state index in [0.29, 0.717) is 10.8 Å². The van der Waals surface area contributed by atoms with Gasteiger partial charge >= 0.3 is 55.4 Å². The van der Waals surface area contributed by atoms with Gasteiger partial charge in [0.15, 0.2) is 0 Å². The van der Waals surface area contributed by atoms with E-state index in [1.807, 2.05) is 0 Å². The average molecular weight is 554 g/mol. The molecule has 4 bridgehead atoms. The minimum absolute atomic E-state index is 0.575. The van der Waals surface area contributed by atoms with Gasteiger partial charge in [-0.1, -0.05) is 27.7 Å². The van der Waals surface area contributed by atoms with Crippen LogP contribution in [-0.2, 0) is 36.4 Å². The van der Waals surface area contributed by atoms with Crippen LogP contribution in [0.3, 0.4) is 0 Å². The predicted octanol–water partition coefficient (Wildman–Crippen LogP) is 6.70. The van der Waals surface area contributed by atoms with Gasteiger partial charge in [0.05, 0.1) is 0 Å². The first-order valence-electron chi connectivity index (χ1n) is 8.52. The Labute approximate surface area is 180 Å². The molecule has 4 atom stereocenters. The maximum absolute atomic E-state index is 4.49. The van der Waals surface area contributed by atoms with Gasteiger partial charge in [0.2, 0.25) is 0 Å². The second kappa shape index (κ2) is 9.91. The van der Waals surface area contributed by atoms with Crippen molar-refractivity contribution in [1.29, 1.82) is 0 Å². The van der Waals surface area contributed by atoms with Crippen molar-refractivity contribution in [1.82, 2.24) is 0 Å². The van der Waals surface area contributed by atoms with Crippen LogP contribution in [0.5, 0.6) is 0 Å². The standard InChI is InChI=1S/2C10H15.2ClH.2Pd/c2*1-7-4-5-8-6-9(7)10(8,2)3;;;;/h2*4,8-9H,1,5-6H2,2-3H3;2*1H;;/q;;;;2*+2/p-2/t2*8-,9-;;;;/m00..../s1. The molecule has 0 aromatic rings. The normalized spacial score (nSPS) is 37.8. The molecule has 0 saturated heterocycles. The second-order valence-electron chi connectivity index (χ2n) is 8.64. The van der Waals surface area contributed by atoms with Crippen molar-refractivity contribution in [2.24, 2.45) is 34.5 Å². The third-order valence-corrected chi connectivity index (χ3v) is 7.17. The summed E-state index contributed by atoms with van der Waals surface area (Å²) in [4.78, 5) is 0. The Kier molecular flexibility index (Phi) is 9.88. The van der Waals surface area contributed by atoms with Crippen LogP contribution in [0.2, 0.25) is 0 Å². The number of hydrogen-bond donors (Lipinski definition) is 0. The third kappa shape index (κ3) is 4.65. The van der Waals surface area contributed by atoms with Crippen molar-refractivity contribution < 1.29 is 36.4 Å². The Bertz CT molecular complexity index is 344. The summed E-state index contributed by atoms with van der Waals surface area (Å²) in [5, 5.41) is 0. The molecular formula is C20H30Cl2Pd2+2. The second-order valence-corrected chi connectivity index (χ2v) is 8.64. The van der Waals surface area contributed by atoms with Gasteiger partial charge < -0.3 is 0 Å². The summed E-state index contributed by atoms with van der Waals surface area (Å²) >= 11 is 4.44. The molecule has 0 unspecified atom stereocenters. The van der Waals surface area contributed by atoms with Crippen molar-refractivity contribution in [3.05, 3.63) is 38.5 Å². The van der Waals surface area contributed by atoms with E-state index in [0.717, 1.165) is 23.7 Å². The van der Waals surface area contributed by atoms with Gasteiger partial charge in [0, 0.05) is 0 Å². The summed E-state index contributed by atoms with van der Waals surface area (Å²) in [6.07, 6.45) is 10.0. The predicted molar refractivity (Wildman–Crippen MR) is 97.5 cm³/mol. The summed E-state index contributed by atoms with van der Waals surface area (Å²) in [5.74, 6) is 6.34. The summed E-state index contributed by atoms with van der Waals surface area (Å²) < 4.78 is 0. The minimum atomic E-state index is 0.575. The Morgan fingerprint density at radius 3 is 1.21 bits per heavy atom. The summed E-state index contributed by atoms with van der Waals surface area (Å²) in [7, 11) is 8.98. The molecule has 0 aromatic carbocycles. The van der Waals surface area contributed by atoms with Gasteiger partial charge in [0.1, 0.15) is 0 Å². The summed E-state index contributed by atoms with van der Waals surface area (Å²) in [6.45, 7) is 17.7. The number of rotatable bonds is 0. The number of fused-ring (bicyclic) bond motifs is 4. The van der Waals surface area contributed by atoms with Crippen molar-refractivity contribution in [2.45, 2.75) is 53.4 Å². The zero-order chi connectivity index (χ0) is 18.7. The molecule has 6 rings (SSSR count). The molecular weight excluding hydrogens is 524 g/mol. The number of halogens is 2. The first kappa shape index (κ1) is 23.9. The van der Waals surface area contributed by atoms with E-state index in [9.17, 15) is 0 Å². The molecule has 142 valence electrons. The molecule has 0 heterocycles. The van der Waals surface area contributed by atoms with Crippen LogP contribution in [-0.4, -0.2) is 0 Å². The van der Waals surface area contributed by atoms with Crippen LogP contribution in [0.25, 0.3) is 0 Å². The topological polar surface area (TPSA) is 0 Å².